The summed E-state index contributed by atoms with van der Waals surface area (Å²) >= 11 is 0. The number of ether oxygens (including phenoxy) is 1. The largest absolute Gasteiger partial charge is 0.473 e. The van der Waals surface area contributed by atoms with Crippen LogP contribution in [0, 0.1) is 6.92 Å². The fourth-order valence-electron chi connectivity index (χ4n) is 5.33. The van der Waals surface area contributed by atoms with Crippen LogP contribution in [0.15, 0.2) is 36.0 Å². The van der Waals surface area contributed by atoms with Gasteiger partial charge >= 0.3 is 6.03 Å². The minimum absolute atomic E-state index is 0.482. The molecule has 2 N–H and O–H groups in total. The summed E-state index contributed by atoms with van der Waals surface area (Å²) in [4.78, 5) is 19.6. The summed E-state index contributed by atoms with van der Waals surface area (Å²) in [6.07, 6.45) is 9.82. The molecule has 5 rings (SSSR count). The second kappa shape index (κ2) is 10.2. The maximum atomic E-state index is 12.9. The minimum atomic E-state index is -3.67. The fraction of sp³-hybridized carbons (Fsp3) is 0.481. The third-order valence-electron chi connectivity index (χ3n) is 7.41. The van der Waals surface area contributed by atoms with Gasteiger partial charge in [-0.2, -0.15) is 0 Å². The van der Waals surface area contributed by atoms with Crippen molar-refractivity contribution in [3.05, 3.63) is 52.7 Å². The topological polar surface area (TPSA) is 101 Å². The number of fused-ring (bicyclic) bond motifs is 1. The maximum Gasteiger partial charge on any atom is 0.332 e. The van der Waals surface area contributed by atoms with E-state index in [9.17, 15) is 13.2 Å². The molecule has 8 nitrogen and oxygen atoms in total. The summed E-state index contributed by atoms with van der Waals surface area (Å²) in [6.45, 7) is 4.44. The highest BCUT2D eigenvalue weighted by Crippen LogP contribution is 2.40. The number of benzene rings is 1. The summed E-state index contributed by atoms with van der Waals surface area (Å²) in [5.74, 6) is 0.518. The first-order chi connectivity index (χ1) is 17.3. The lowest BCUT2D eigenvalue weighted by molar-refractivity contribution is 0.256. The zero-order valence-corrected chi connectivity index (χ0v) is 21.8. The van der Waals surface area contributed by atoms with Gasteiger partial charge in [0.1, 0.15) is 6.61 Å². The third-order valence-corrected chi connectivity index (χ3v) is 9.23. The van der Waals surface area contributed by atoms with E-state index >= 15 is 0 Å². The number of anilines is 1. The van der Waals surface area contributed by atoms with Crippen LogP contribution in [0.1, 0.15) is 48.8 Å². The van der Waals surface area contributed by atoms with Gasteiger partial charge in [0.15, 0.2) is 0 Å². The number of urea groups is 1. The first kappa shape index (κ1) is 24.8. The Morgan fingerprint density at radius 1 is 1.22 bits per heavy atom. The average Bonchev–Trinajstić information content (AvgIpc) is 3.24. The van der Waals surface area contributed by atoms with Gasteiger partial charge in [-0.05, 0) is 86.4 Å². The summed E-state index contributed by atoms with van der Waals surface area (Å²) in [6, 6.07) is 5.26. The van der Waals surface area contributed by atoms with Crippen molar-refractivity contribution < 1.29 is 17.9 Å². The highest BCUT2D eigenvalue weighted by Gasteiger charge is 2.33. The van der Waals surface area contributed by atoms with Crippen molar-refractivity contribution in [1.29, 1.82) is 0 Å². The van der Waals surface area contributed by atoms with Crippen LogP contribution in [-0.2, 0) is 22.9 Å². The number of amides is 2. The zero-order chi connectivity index (χ0) is 25.3. The third kappa shape index (κ3) is 5.27. The predicted molar refractivity (Wildman–Crippen MR) is 141 cm³/mol. The molecule has 36 heavy (non-hydrogen) atoms. The van der Waals surface area contributed by atoms with E-state index in [-0.39, 0.29) is 0 Å². The molecule has 192 valence electrons. The number of likely N-dealkylation sites (N-methyl/N-ethyl adjacent to an activating group) is 1. The van der Waals surface area contributed by atoms with E-state index in [2.05, 4.69) is 39.1 Å². The van der Waals surface area contributed by atoms with E-state index in [1.165, 1.54) is 11.1 Å². The number of nitrogens with one attached hydrogen (secondary N) is 2. The molecular formula is C27H34N4O4S. The second-order valence-corrected chi connectivity index (χ2v) is 12.1. The molecule has 1 aromatic heterocycles. The molecule has 2 aromatic rings. The Labute approximate surface area is 213 Å². The van der Waals surface area contributed by atoms with Gasteiger partial charge in [-0.3, -0.25) is 0 Å². The molecule has 1 fully saturated rings. The highest BCUT2D eigenvalue weighted by molar-refractivity contribution is 7.90. The Bertz CT molecular complexity index is 1300. The molecular weight excluding hydrogens is 476 g/mol. The van der Waals surface area contributed by atoms with Crippen molar-refractivity contribution >= 4 is 21.7 Å². The van der Waals surface area contributed by atoms with E-state index in [1.807, 2.05) is 19.1 Å². The van der Waals surface area contributed by atoms with Gasteiger partial charge in [-0.15, -0.1) is 0 Å². The number of aryl methyl sites for hydroxylation is 2. The number of sulfonamides is 1. The van der Waals surface area contributed by atoms with E-state index in [0.717, 1.165) is 67.4 Å². The molecule has 0 unspecified atom stereocenters. The minimum Gasteiger partial charge on any atom is -0.473 e. The standard InChI is InChI=1S/C27H34N4O4S/c1-18-14-20-7-3-10-23(20)26(29-27(32)30-36(33,34)22-8-4-9-22)25(18)21-11-12-28-24(15-21)35-17-19-6-5-13-31(2)16-19/h6,11-12,14-15,22H,3-5,7-10,13,16-17H2,1-2H3,(H2,29,30,32). The Hall–Kier alpha value is -2.91. The Morgan fingerprint density at radius 3 is 2.81 bits per heavy atom. The van der Waals surface area contributed by atoms with E-state index in [0.29, 0.717) is 31.0 Å². The van der Waals surface area contributed by atoms with Crippen molar-refractivity contribution in [2.45, 2.75) is 57.1 Å². The SMILES string of the molecule is Cc1cc2c(c(NC(=O)NS(=O)(=O)C3CCC3)c1-c1ccnc(OCC3=CCCN(C)C3)c1)CCC2. The molecule has 1 aromatic carbocycles. The normalized spacial score (nSPS) is 18.2. The van der Waals surface area contributed by atoms with E-state index in [1.54, 1.807) is 6.20 Å². The van der Waals surface area contributed by atoms with Crippen LogP contribution in [-0.4, -0.2) is 56.3 Å². The van der Waals surface area contributed by atoms with Crippen molar-refractivity contribution in [1.82, 2.24) is 14.6 Å². The molecule has 9 heteroatoms. The average molecular weight is 511 g/mol. The smallest absolute Gasteiger partial charge is 0.332 e. The van der Waals surface area contributed by atoms with Crippen LogP contribution in [0.5, 0.6) is 5.88 Å². The van der Waals surface area contributed by atoms with E-state index < -0.39 is 21.3 Å². The summed E-state index contributed by atoms with van der Waals surface area (Å²) in [5.41, 5.74) is 6.94. The number of pyridine rings is 1. The maximum absolute atomic E-state index is 12.9. The molecule has 0 spiro atoms. The molecule has 2 aliphatic carbocycles. The lowest BCUT2D eigenvalue weighted by Crippen LogP contribution is -2.43. The van der Waals surface area contributed by atoms with Crippen LogP contribution in [0.25, 0.3) is 11.1 Å². The zero-order valence-electron chi connectivity index (χ0n) is 21.0. The highest BCUT2D eigenvalue weighted by atomic mass is 32.2. The van der Waals surface area contributed by atoms with Crippen LogP contribution >= 0.6 is 0 Å². The molecule has 0 saturated heterocycles. The van der Waals surface area contributed by atoms with Crippen LogP contribution in [0.3, 0.4) is 0 Å². The number of aromatic nitrogens is 1. The lowest BCUT2D eigenvalue weighted by atomic mass is 9.93. The van der Waals surface area contributed by atoms with Crippen molar-refractivity contribution in [2.75, 3.05) is 32.1 Å². The van der Waals surface area contributed by atoms with Gasteiger partial charge in [-0.1, -0.05) is 18.6 Å². The van der Waals surface area contributed by atoms with Crippen molar-refractivity contribution in [3.63, 3.8) is 0 Å². The molecule has 2 heterocycles. The van der Waals surface area contributed by atoms with Crippen molar-refractivity contribution in [3.8, 4) is 17.0 Å². The molecule has 3 aliphatic rings. The first-order valence-corrected chi connectivity index (χ1v) is 14.3. The van der Waals surface area contributed by atoms with Crippen LogP contribution in [0.4, 0.5) is 10.5 Å². The summed E-state index contributed by atoms with van der Waals surface area (Å²) in [7, 11) is -1.57. The number of hydrogen-bond acceptors (Lipinski definition) is 6. The van der Waals surface area contributed by atoms with Gasteiger partial charge in [-0.25, -0.2) is 22.9 Å². The molecule has 1 aliphatic heterocycles. The molecule has 0 bridgehead atoms. The molecule has 1 saturated carbocycles. The monoisotopic (exact) mass is 510 g/mol. The Morgan fingerprint density at radius 2 is 2.06 bits per heavy atom. The Kier molecular flexibility index (Phi) is 7.03. The molecule has 2 amide bonds. The second-order valence-electron chi connectivity index (χ2n) is 10.1. The lowest BCUT2D eigenvalue weighted by Gasteiger charge is -2.25. The molecule has 0 radical (unpaired) electrons. The number of nitrogens with zero attached hydrogens (tertiary/aromatic N) is 2. The number of carbonyl (C=O) groups is 1. The van der Waals surface area contributed by atoms with Crippen LogP contribution in [0.2, 0.25) is 0 Å². The first-order valence-electron chi connectivity index (χ1n) is 12.7. The fourth-order valence-corrected chi connectivity index (χ4v) is 6.76. The van der Waals surface area contributed by atoms with Gasteiger partial charge in [0.05, 0.1) is 10.9 Å². The van der Waals surface area contributed by atoms with Crippen LogP contribution < -0.4 is 14.8 Å². The van der Waals surface area contributed by atoms with E-state index in [4.69, 9.17) is 4.74 Å². The molecule has 0 atom stereocenters. The summed E-state index contributed by atoms with van der Waals surface area (Å²) < 4.78 is 33.3. The van der Waals surface area contributed by atoms with Gasteiger partial charge in [0.2, 0.25) is 15.9 Å². The summed E-state index contributed by atoms with van der Waals surface area (Å²) in [5, 5.41) is 2.43. The Balaban J connectivity index is 1.42. The van der Waals surface area contributed by atoms with Gasteiger partial charge < -0.3 is 15.0 Å². The quantitative estimate of drug-likeness (QED) is 0.542. The predicted octanol–water partition coefficient (Wildman–Crippen LogP) is 4.19. The van der Waals surface area contributed by atoms with Gasteiger partial charge in [0.25, 0.3) is 0 Å². The van der Waals surface area contributed by atoms with Gasteiger partial charge in [0, 0.05) is 30.9 Å². The van der Waals surface area contributed by atoms with Crippen molar-refractivity contribution in [2.24, 2.45) is 0 Å². The number of carbonyl (C=O) groups excluding carboxylic acids is 1. The number of hydrogen-bond donors (Lipinski definition) is 2. The number of rotatable bonds is 7.